The van der Waals surface area contributed by atoms with E-state index in [-0.39, 0.29) is 42.9 Å². The number of morpholine rings is 1. The molecule has 8 heteroatoms. The molecule has 2 amide bonds. The van der Waals surface area contributed by atoms with Crippen molar-refractivity contribution in [3.8, 4) is 5.75 Å². The van der Waals surface area contributed by atoms with Crippen LogP contribution in [0.2, 0.25) is 0 Å². The largest absolute Gasteiger partial charge is 0.497 e. The number of hydrogen-bond donors (Lipinski definition) is 1. The Morgan fingerprint density at radius 2 is 1.93 bits per heavy atom. The fourth-order valence-electron chi connectivity index (χ4n) is 4.00. The molecule has 0 unspecified atom stereocenters. The molecule has 0 spiro atoms. The molecule has 1 N–H and O–H groups in total. The van der Waals surface area contributed by atoms with Gasteiger partial charge in [0.15, 0.2) is 6.10 Å². The number of carbonyl (C=O) groups excluding carboxylic acids is 2. The van der Waals surface area contributed by atoms with Gasteiger partial charge in [0.05, 0.1) is 13.2 Å². The topological polar surface area (TPSA) is 71.1 Å². The van der Waals surface area contributed by atoms with E-state index >= 15 is 0 Å². The SMILES string of the molecule is COc1ccc([C@@H]2[C@@H](C(=O)N3CCCNCC3)OCC(=O)N2C2CC2)cc1.Cl. The van der Waals surface area contributed by atoms with Crippen LogP contribution in [0.4, 0.5) is 0 Å². The van der Waals surface area contributed by atoms with Gasteiger partial charge < -0.3 is 24.6 Å². The first-order chi connectivity index (χ1) is 13.2. The van der Waals surface area contributed by atoms with Crippen LogP contribution in [0.3, 0.4) is 0 Å². The van der Waals surface area contributed by atoms with Crippen molar-refractivity contribution in [1.29, 1.82) is 0 Å². The second kappa shape index (κ2) is 9.11. The van der Waals surface area contributed by atoms with Crippen LogP contribution in [0.5, 0.6) is 5.75 Å². The lowest BCUT2D eigenvalue weighted by Gasteiger charge is -2.42. The summed E-state index contributed by atoms with van der Waals surface area (Å²) >= 11 is 0. The van der Waals surface area contributed by atoms with Crippen LogP contribution in [0.25, 0.3) is 0 Å². The van der Waals surface area contributed by atoms with Crippen molar-refractivity contribution in [3.63, 3.8) is 0 Å². The molecule has 2 aliphatic heterocycles. The minimum absolute atomic E-state index is 0. The van der Waals surface area contributed by atoms with Gasteiger partial charge in [-0.15, -0.1) is 12.4 Å². The summed E-state index contributed by atoms with van der Waals surface area (Å²) < 4.78 is 11.1. The van der Waals surface area contributed by atoms with Gasteiger partial charge in [-0.3, -0.25) is 9.59 Å². The molecule has 3 fully saturated rings. The van der Waals surface area contributed by atoms with Gasteiger partial charge in [0.1, 0.15) is 12.4 Å². The molecule has 28 heavy (non-hydrogen) atoms. The van der Waals surface area contributed by atoms with Crippen molar-refractivity contribution < 1.29 is 19.1 Å². The van der Waals surface area contributed by atoms with Crippen LogP contribution in [-0.4, -0.2) is 73.7 Å². The normalized spacial score (nSPS) is 25.7. The molecule has 2 saturated heterocycles. The number of halogens is 1. The Labute approximate surface area is 171 Å². The van der Waals surface area contributed by atoms with Gasteiger partial charge in [-0.25, -0.2) is 0 Å². The minimum atomic E-state index is -0.658. The number of amides is 2. The summed E-state index contributed by atoms with van der Waals surface area (Å²) in [5, 5.41) is 3.32. The van der Waals surface area contributed by atoms with Crippen molar-refractivity contribution in [3.05, 3.63) is 29.8 Å². The van der Waals surface area contributed by atoms with Crippen molar-refractivity contribution in [2.24, 2.45) is 0 Å². The predicted molar refractivity (Wildman–Crippen MR) is 107 cm³/mol. The summed E-state index contributed by atoms with van der Waals surface area (Å²) in [7, 11) is 1.62. The molecule has 1 aromatic rings. The number of nitrogens with zero attached hydrogens (tertiary/aromatic N) is 2. The molecule has 154 valence electrons. The lowest BCUT2D eigenvalue weighted by atomic mass is 9.96. The zero-order chi connectivity index (χ0) is 18.8. The number of ether oxygens (including phenoxy) is 2. The highest BCUT2D eigenvalue weighted by Gasteiger charge is 2.48. The van der Waals surface area contributed by atoms with Crippen LogP contribution >= 0.6 is 12.4 Å². The van der Waals surface area contributed by atoms with E-state index in [2.05, 4.69) is 5.32 Å². The lowest BCUT2D eigenvalue weighted by Crippen LogP contribution is -2.56. The quantitative estimate of drug-likeness (QED) is 0.813. The van der Waals surface area contributed by atoms with E-state index in [4.69, 9.17) is 9.47 Å². The maximum atomic E-state index is 13.3. The molecule has 1 saturated carbocycles. The summed E-state index contributed by atoms with van der Waals surface area (Å²) in [5.41, 5.74) is 0.919. The molecule has 2 heterocycles. The molecule has 0 bridgehead atoms. The molecule has 4 rings (SSSR count). The summed E-state index contributed by atoms with van der Waals surface area (Å²) in [6.45, 7) is 3.08. The molecule has 3 aliphatic rings. The number of carbonyl (C=O) groups is 2. The number of rotatable bonds is 4. The first kappa shape index (κ1) is 20.9. The first-order valence-electron chi connectivity index (χ1n) is 9.75. The first-order valence-corrected chi connectivity index (χ1v) is 9.75. The van der Waals surface area contributed by atoms with Crippen LogP contribution in [0.15, 0.2) is 24.3 Å². The third-order valence-corrected chi connectivity index (χ3v) is 5.55. The Morgan fingerprint density at radius 3 is 2.61 bits per heavy atom. The van der Waals surface area contributed by atoms with E-state index in [9.17, 15) is 9.59 Å². The zero-order valence-corrected chi connectivity index (χ0v) is 17.0. The molecule has 0 aromatic heterocycles. The number of nitrogens with one attached hydrogen (secondary N) is 1. The number of hydrogen-bond acceptors (Lipinski definition) is 5. The molecular formula is C20H28ClN3O4. The monoisotopic (exact) mass is 409 g/mol. The van der Waals surface area contributed by atoms with Gasteiger partial charge in [0, 0.05) is 25.7 Å². The Balaban J connectivity index is 0.00000225. The third kappa shape index (κ3) is 4.26. The van der Waals surface area contributed by atoms with E-state index in [0.717, 1.165) is 50.2 Å². The standard InChI is InChI=1S/C20H27N3O4.ClH/c1-26-16-7-3-14(4-8-16)18-19(20(25)22-11-2-9-21-10-12-22)27-13-17(24)23(18)15-5-6-15;/h3-4,7-8,15,18-19,21H,2,5-6,9-13H2,1H3;1H/t18-,19+;/m1./s1. The van der Waals surface area contributed by atoms with E-state index in [1.165, 1.54) is 0 Å². The highest BCUT2D eigenvalue weighted by molar-refractivity contribution is 5.87. The van der Waals surface area contributed by atoms with E-state index in [1.807, 2.05) is 34.1 Å². The maximum absolute atomic E-state index is 13.3. The Bertz CT molecular complexity index is 687. The molecule has 7 nitrogen and oxygen atoms in total. The van der Waals surface area contributed by atoms with E-state index in [1.54, 1.807) is 7.11 Å². The summed E-state index contributed by atoms with van der Waals surface area (Å²) in [6.07, 6.45) is 2.26. The van der Waals surface area contributed by atoms with Crippen LogP contribution in [0.1, 0.15) is 30.9 Å². The van der Waals surface area contributed by atoms with Crippen molar-refractivity contribution in [1.82, 2.24) is 15.1 Å². The Hall–Kier alpha value is -1.83. The van der Waals surface area contributed by atoms with Gasteiger partial charge in [-0.05, 0) is 43.5 Å². The summed E-state index contributed by atoms with van der Waals surface area (Å²) in [5.74, 6) is 0.707. The second-order valence-electron chi connectivity index (χ2n) is 7.41. The Morgan fingerprint density at radius 1 is 1.18 bits per heavy atom. The fraction of sp³-hybridized carbons (Fsp3) is 0.600. The molecular weight excluding hydrogens is 382 g/mol. The predicted octanol–water partition coefficient (Wildman–Crippen LogP) is 1.37. The second-order valence-corrected chi connectivity index (χ2v) is 7.41. The van der Waals surface area contributed by atoms with E-state index in [0.29, 0.717) is 6.54 Å². The smallest absolute Gasteiger partial charge is 0.254 e. The van der Waals surface area contributed by atoms with Crippen LogP contribution in [-0.2, 0) is 14.3 Å². The highest BCUT2D eigenvalue weighted by Crippen LogP contribution is 2.40. The number of benzene rings is 1. The van der Waals surface area contributed by atoms with Gasteiger partial charge in [0.2, 0.25) is 5.91 Å². The van der Waals surface area contributed by atoms with Crippen molar-refractivity contribution >= 4 is 24.2 Å². The van der Waals surface area contributed by atoms with Gasteiger partial charge in [0.25, 0.3) is 5.91 Å². The summed E-state index contributed by atoms with van der Waals surface area (Å²) in [4.78, 5) is 29.7. The zero-order valence-electron chi connectivity index (χ0n) is 16.1. The molecule has 1 aliphatic carbocycles. The molecule has 1 aromatic carbocycles. The van der Waals surface area contributed by atoms with Crippen LogP contribution in [0, 0.1) is 0 Å². The van der Waals surface area contributed by atoms with E-state index < -0.39 is 6.10 Å². The average molecular weight is 410 g/mol. The van der Waals surface area contributed by atoms with Crippen molar-refractivity contribution in [2.45, 2.75) is 37.5 Å². The third-order valence-electron chi connectivity index (χ3n) is 5.55. The van der Waals surface area contributed by atoms with Gasteiger partial charge >= 0.3 is 0 Å². The molecule has 0 radical (unpaired) electrons. The lowest BCUT2D eigenvalue weighted by molar-refractivity contribution is -0.170. The highest BCUT2D eigenvalue weighted by atomic mass is 35.5. The van der Waals surface area contributed by atoms with Gasteiger partial charge in [-0.1, -0.05) is 12.1 Å². The Kier molecular flexibility index (Phi) is 6.80. The molecule has 2 atom stereocenters. The fourth-order valence-corrected chi connectivity index (χ4v) is 4.00. The average Bonchev–Trinajstić information content (AvgIpc) is 3.54. The van der Waals surface area contributed by atoms with Gasteiger partial charge in [-0.2, -0.15) is 0 Å². The van der Waals surface area contributed by atoms with Crippen molar-refractivity contribution in [2.75, 3.05) is 39.9 Å². The number of methoxy groups -OCH3 is 1. The minimum Gasteiger partial charge on any atom is -0.497 e. The maximum Gasteiger partial charge on any atom is 0.254 e. The summed E-state index contributed by atoms with van der Waals surface area (Å²) in [6, 6.07) is 7.45. The van der Waals surface area contributed by atoms with Crippen LogP contribution < -0.4 is 10.1 Å².